The molecule has 0 spiro atoms. The van der Waals surface area contributed by atoms with Gasteiger partial charge in [-0.1, -0.05) is 322 Å². The van der Waals surface area contributed by atoms with Crippen LogP contribution in [-0.4, -0.2) is 33.2 Å². The average molecular weight is 1580 g/mol. The van der Waals surface area contributed by atoms with Crippen LogP contribution in [-0.2, 0) is 0 Å². The van der Waals surface area contributed by atoms with Gasteiger partial charge < -0.3 is 18.3 Å². The number of hydrogen-bond acceptors (Lipinski definition) is 3. The van der Waals surface area contributed by atoms with Crippen LogP contribution in [0.15, 0.2) is 455 Å². The molecule has 124 heavy (non-hydrogen) atoms. The monoisotopic (exact) mass is 1580 g/mol. The fourth-order valence-electron chi connectivity index (χ4n) is 19.0. The van der Waals surface area contributed by atoms with Gasteiger partial charge in [-0.3, -0.25) is 0 Å². The molecule has 0 N–H and O–H groups in total. The summed E-state index contributed by atoms with van der Waals surface area (Å²) in [4.78, 5) is 17.7. The van der Waals surface area contributed by atoms with Gasteiger partial charge in [0.1, 0.15) is 0 Å². The first kappa shape index (κ1) is 71.5. The quantitative estimate of drug-likeness (QED) is 0.103. The second-order valence-corrected chi connectivity index (χ2v) is 32.2. The fraction of sp³-hybridized carbons (Fsp3) is 0. The molecule has 24 rings (SSSR count). The summed E-state index contributed by atoms with van der Waals surface area (Å²) in [5.41, 5.74) is 33.0. The molecule has 0 amide bonds. The van der Waals surface area contributed by atoms with Crippen molar-refractivity contribution in [3.8, 4) is 146 Å². The second-order valence-electron chi connectivity index (χ2n) is 32.2. The normalized spacial score (nSPS) is 11.7. The zero-order valence-corrected chi connectivity index (χ0v) is 67.4. The number of fused-ring (bicyclic) bond motifs is 12. The molecule has 19 aromatic carbocycles. The summed E-state index contributed by atoms with van der Waals surface area (Å²) in [5, 5.41) is 9.07. The summed E-state index contributed by atoms with van der Waals surface area (Å²) in [6.07, 6.45) is 0. The van der Waals surface area contributed by atoms with E-state index in [1.165, 1.54) is 0 Å². The minimum atomic E-state index is 0.507. The number of benzene rings is 19. The molecule has 7 heteroatoms. The van der Waals surface area contributed by atoms with Gasteiger partial charge >= 0.3 is 0 Å². The molecule has 578 valence electrons. The SMILES string of the molecule is c1ccc(-c2ccc3c(c2)c2cc(-c4ccccc4)ccc2n3-c2ccc(-c3nc(-c4ccccc4)nc(-c4ccc(-n5c6ccc(-c7ccccc7)cc6c6cc(-c7ccccc7)ccc65)cc4-n4c5ccc(-c6ccccc6)cc5c5cc(-c6ccccc6)ccc54)n3)c(-n3c4ccc(-c5ccccc5)cc4c4cc(-c5ccccc5)ccc43)c2)cc1. The molecular formula is C117H75N7. The number of nitrogens with zero attached hydrogens (tertiary/aromatic N) is 7. The Morgan fingerprint density at radius 1 is 0.129 bits per heavy atom. The van der Waals surface area contributed by atoms with Gasteiger partial charge in [0.2, 0.25) is 0 Å². The minimum absolute atomic E-state index is 0.507. The van der Waals surface area contributed by atoms with E-state index in [2.05, 4.69) is 473 Å². The van der Waals surface area contributed by atoms with Crippen molar-refractivity contribution in [2.45, 2.75) is 0 Å². The lowest BCUT2D eigenvalue weighted by atomic mass is 10.0. The minimum Gasteiger partial charge on any atom is -0.309 e. The maximum atomic E-state index is 6.05. The largest absolute Gasteiger partial charge is 0.309 e. The third kappa shape index (κ3) is 12.3. The first-order valence-corrected chi connectivity index (χ1v) is 42.4. The Balaban J connectivity index is 0.794. The molecule has 0 aliphatic heterocycles. The van der Waals surface area contributed by atoms with Gasteiger partial charge in [-0.15, -0.1) is 0 Å². The standard InChI is InChI=1S/C117H75N7/c1-10-28-76(29-11-1)85-46-58-105-97(66-85)98-67-86(77-30-12-2-13-31-77)47-59-106(98)121(105)93-54-56-95(113(74-93)123-109-62-50-89(80-36-18-5-19-37-80)70-101(109)102-71-90(51-63-110(102)123)81-38-20-6-21-39-81)116-118-115(84-44-26-9-27-45-84)119-117(120-116)96-57-55-94(122-107-60-48-87(78-32-14-3-15-33-78)68-99(107)100-69-88(49-61-108(100)122)79-34-16-4-17-35-79)75-114(96)124-111-64-52-91(82-40-22-7-23-41-82)72-103(111)104-73-92(53-65-112(104)124)83-42-24-8-25-43-83/h1-75H. The Bertz CT molecular complexity index is 7430. The summed E-state index contributed by atoms with van der Waals surface area (Å²) in [5.74, 6) is 1.55. The molecular weight excluding hydrogens is 1500 g/mol. The van der Waals surface area contributed by atoms with Crippen molar-refractivity contribution in [3.05, 3.63) is 455 Å². The van der Waals surface area contributed by atoms with Crippen LogP contribution in [0.25, 0.3) is 233 Å². The Kier molecular flexibility index (Phi) is 17.1. The molecule has 7 nitrogen and oxygen atoms in total. The maximum Gasteiger partial charge on any atom is 0.166 e. The lowest BCUT2D eigenvalue weighted by molar-refractivity contribution is 1.05. The van der Waals surface area contributed by atoms with Crippen LogP contribution in [0.2, 0.25) is 0 Å². The van der Waals surface area contributed by atoms with Crippen LogP contribution < -0.4 is 0 Å². The van der Waals surface area contributed by atoms with Crippen LogP contribution in [0.3, 0.4) is 0 Å². The van der Waals surface area contributed by atoms with E-state index in [-0.39, 0.29) is 0 Å². The molecule has 0 aliphatic rings. The van der Waals surface area contributed by atoms with Crippen LogP contribution in [0, 0.1) is 0 Å². The third-order valence-electron chi connectivity index (χ3n) is 25.0. The van der Waals surface area contributed by atoms with Crippen molar-refractivity contribution >= 4 is 87.2 Å². The van der Waals surface area contributed by atoms with Crippen LogP contribution in [0.1, 0.15) is 0 Å². The summed E-state index contributed by atoms with van der Waals surface area (Å²) in [6, 6.07) is 166. The van der Waals surface area contributed by atoms with Crippen molar-refractivity contribution in [1.29, 1.82) is 0 Å². The lowest BCUT2D eigenvalue weighted by Crippen LogP contribution is -2.07. The van der Waals surface area contributed by atoms with E-state index in [0.717, 1.165) is 216 Å². The maximum absolute atomic E-state index is 6.05. The van der Waals surface area contributed by atoms with E-state index in [1.807, 2.05) is 0 Å². The number of rotatable bonds is 15. The van der Waals surface area contributed by atoms with E-state index in [0.29, 0.717) is 17.5 Å². The molecule has 24 aromatic rings. The van der Waals surface area contributed by atoms with E-state index < -0.39 is 0 Å². The van der Waals surface area contributed by atoms with Gasteiger partial charge in [-0.05, 0) is 222 Å². The van der Waals surface area contributed by atoms with Crippen molar-refractivity contribution in [1.82, 2.24) is 33.2 Å². The summed E-state index contributed by atoms with van der Waals surface area (Å²) in [7, 11) is 0. The van der Waals surface area contributed by atoms with Crippen LogP contribution in [0.5, 0.6) is 0 Å². The fourth-order valence-corrected chi connectivity index (χ4v) is 19.0. The van der Waals surface area contributed by atoms with Crippen LogP contribution in [0.4, 0.5) is 0 Å². The van der Waals surface area contributed by atoms with Crippen molar-refractivity contribution in [2.75, 3.05) is 0 Å². The summed E-state index contributed by atoms with van der Waals surface area (Å²) < 4.78 is 9.85. The molecule has 0 aliphatic carbocycles. The molecule has 0 fully saturated rings. The molecule has 5 aromatic heterocycles. The summed E-state index contributed by atoms with van der Waals surface area (Å²) >= 11 is 0. The Hall–Kier alpha value is -16.6. The molecule has 0 saturated heterocycles. The van der Waals surface area contributed by atoms with E-state index >= 15 is 0 Å². The first-order chi connectivity index (χ1) is 61.5. The predicted octanol–water partition coefficient (Wildman–Crippen LogP) is 30.6. The van der Waals surface area contributed by atoms with Crippen molar-refractivity contribution < 1.29 is 0 Å². The van der Waals surface area contributed by atoms with Gasteiger partial charge in [0.05, 0.1) is 55.5 Å². The van der Waals surface area contributed by atoms with Gasteiger partial charge in [0, 0.05) is 71.2 Å². The topological polar surface area (TPSA) is 58.4 Å². The molecule has 0 bridgehead atoms. The average Bonchev–Trinajstić information content (AvgIpc) is 1.56. The zero-order valence-electron chi connectivity index (χ0n) is 67.4. The second kappa shape index (κ2) is 29.7. The Morgan fingerprint density at radius 2 is 0.306 bits per heavy atom. The smallest absolute Gasteiger partial charge is 0.166 e. The van der Waals surface area contributed by atoms with Gasteiger partial charge in [0.15, 0.2) is 17.5 Å². The molecule has 0 radical (unpaired) electrons. The lowest BCUT2D eigenvalue weighted by Gasteiger charge is -2.19. The summed E-state index contributed by atoms with van der Waals surface area (Å²) in [6.45, 7) is 0. The number of hydrogen-bond donors (Lipinski definition) is 0. The van der Waals surface area contributed by atoms with Crippen molar-refractivity contribution in [3.63, 3.8) is 0 Å². The van der Waals surface area contributed by atoms with Gasteiger partial charge in [-0.25, -0.2) is 15.0 Å². The third-order valence-corrected chi connectivity index (χ3v) is 25.0. The van der Waals surface area contributed by atoms with Crippen LogP contribution >= 0.6 is 0 Å². The predicted molar refractivity (Wildman–Crippen MR) is 517 cm³/mol. The highest BCUT2D eigenvalue weighted by atomic mass is 15.1. The first-order valence-electron chi connectivity index (χ1n) is 42.4. The highest BCUT2D eigenvalue weighted by Crippen LogP contribution is 2.47. The van der Waals surface area contributed by atoms with Gasteiger partial charge in [0.25, 0.3) is 0 Å². The Labute approximate surface area is 716 Å². The molecule has 5 heterocycles. The molecule has 0 atom stereocenters. The van der Waals surface area contributed by atoms with E-state index in [9.17, 15) is 0 Å². The zero-order chi connectivity index (χ0) is 81.7. The highest BCUT2D eigenvalue weighted by Gasteiger charge is 2.28. The number of aromatic nitrogens is 7. The van der Waals surface area contributed by atoms with E-state index in [4.69, 9.17) is 15.0 Å². The molecule has 0 saturated carbocycles. The Morgan fingerprint density at radius 3 is 0.508 bits per heavy atom. The van der Waals surface area contributed by atoms with Gasteiger partial charge in [-0.2, -0.15) is 0 Å². The molecule has 0 unspecified atom stereocenters. The van der Waals surface area contributed by atoms with E-state index in [1.54, 1.807) is 0 Å². The van der Waals surface area contributed by atoms with Crippen molar-refractivity contribution in [2.24, 2.45) is 0 Å². The highest BCUT2D eigenvalue weighted by molar-refractivity contribution is 6.16.